The van der Waals surface area contributed by atoms with Gasteiger partial charge in [0.1, 0.15) is 6.04 Å². The van der Waals surface area contributed by atoms with Crippen LogP contribution in [0.4, 0.5) is 5.95 Å². The van der Waals surface area contributed by atoms with Crippen LogP contribution in [-0.4, -0.2) is 25.5 Å². The van der Waals surface area contributed by atoms with E-state index in [9.17, 15) is 4.79 Å². The first-order valence-electron chi connectivity index (χ1n) is 13.1. The molecule has 1 aliphatic heterocycles. The Kier molecular flexibility index (Phi) is 6.61. The largest absolute Gasteiger partial charge is 0.436 e. The Morgan fingerprint density at radius 1 is 0.975 bits per heavy atom. The topological polar surface area (TPSA) is 85.8 Å². The molecule has 7 nitrogen and oxygen atoms in total. The van der Waals surface area contributed by atoms with Gasteiger partial charge in [-0.25, -0.2) is 9.67 Å². The number of carbonyl (C=O) groups is 1. The Morgan fingerprint density at radius 3 is 2.58 bits per heavy atom. The van der Waals surface area contributed by atoms with Gasteiger partial charge in [-0.3, -0.25) is 4.79 Å². The van der Waals surface area contributed by atoms with Gasteiger partial charge in [0.2, 0.25) is 17.0 Å². The Morgan fingerprint density at radius 2 is 1.77 bits per heavy atom. The minimum atomic E-state index is -0.283. The third kappa shape index (κ3) is 4.80. The van der Waals surface area contributed by atoms with E-state index >= 15 is 0 Å². The average molecular weight is 611 g/mol. The molecular weight excluding hydrogens is 586 g/mol. The molecule has 9 heteroatoms. The standard InChI is InChI=1S/C31H24BrN5O2S/c32-23-15-13-21(14-16-23)28-27-24(7-4-8-25(27)38)34-30-35-31(36-37(28)30)40-18-19-9-11-22(12-10-19)29-33-17-26(39-29)20-5-2-1-3-6-20/h1-3,5-6,9-17,28H,4,7-8,18H2,(H,34,35,36)/t28-/m0/s1. The molecular formula is C31H24BrN5O2S. The minimum absolute atomic E-state index is 0.180. The van der Waals surface area contributed by atoms with Crippen LogP contribution in [-0.2, 0) is 10.5 Å². The highest BCUT2D eigenvalue weighted by Crippen LogP contribution is 2.41. The van der Waals surface area contributed by atoms with Crippen molar-refractivity contribution in [3.05, 3.63) is 112 Å². The summed E-state index contributed by atoms with van der Waals surface area (Å²) in [6.45, 7) is 0. The number of thioether (sulfide) groups is 1. The first-order chi connectivity index (χ1) is 19.6. The molecule has 7 rings (SSSR count). The van der Waals surface area contributed by atoms with Gasteiger partial charge in [-0.05, 0) is 48.2 Å². The molecule has 0 saturated heterocycles. The second kappa shape index (κ2) is 10.6. The minimum Gasteiger partial charge on any atom is -0.436 e. The maximum Gasteiger partial charge on any atom is 0.227 e. The zero-order valence-corrected chi connectivity index (χ0v) is 23.8. The Labute approximate surface area is 243 Å². The molecule has 0 saturated carbocycles. The summed E-state index contributed by atoms with van der Waals surface area (Å²) >= 11 is 5.09. The second-order valence-electron chi connectivity index (χ2n) is 9.79. The fourth-order valence-electron chi connectivity index (χ4n) is 5.19. The lowest BCUT2D eigenvalue weighted by Crippen LogP contribution is -2.31. The summed E-state index contributed by atoms with van der Waals surface area (Å²) < 4.78 is 8.86. The van der Waals surface area contributed by atoms with Gasteiger partial charge in [0.25, 0.3) is 0 Å². The van der Waals surface area contributed by atoms with E-state index < -0.39 is 0 Å². The van der Waals surface area contributed by atoms with Crippen molar-refractivity contribution < 1.29 is 9.21 Å². The summed E-state index contributed by atoms with van der Waals surface area (Å²) in [4.78, 5) is 22.3. The van der Waals surface area contributed by atoms with Gasteiger partial charge >= 0.3 is 0 Å². The number of halogens is 1. The average Bonchev–Trinajstić information content (AvgIpc) is 3.64. The number of fused-ring (bicyclic) bond motifs is 1. The highest BCUT2D eigenvalue weighted by atomic mass is 79.9. The predicted molar refractivity (Wildman–Crippen MR) is 159 cm³/mol. The van der Waals surface area contributed by atoms with Gasteiger partial charge in [0.05, 0.1) is 6.20 Å². The molecule has 0 fully saturated rings. The third-order valence-corrected chi connectivity index (χ3v) is 8.60. The van der Waals surface area contributed by atoms with Crippen LogP contribution in [0, 0.1) is 0 Å². The molecule has 40 heavy (non-hydrogen) atoms. The van der Waals surface area contributed by atoms with E-state index in [1.165, 1.54) is 0 Å². The van der Waals surface area contributed by atoms with E-state index in [0.29, 0.717) is 29.2 Å². The summed E-state index contributed by atoms with van der Waals surface area (Å²) in [5.41, 5.74) is 5.86. The summed E-state index contributed by atoms with van der Waals surface area (Å²) in [5.74, 6) is 2.91. The van der Waals surface area contributed by atoms with Crippen molar-refractivity contribution in [2.45, 2.75) is 36.2 Å². The number of allylic oxidation sites excluding steroid dienone is 2. The number of benzene rings is 3. The number of hydrogen-bond acceptors (Lipinski definition) is 7. The first-order valence-corrected chi connectivity index (χ1v) is 14.9. The van der Waals surface area contributed by atoms with Crippen molar-refractivity contribution in [2.24, 2.45) is 0 Å². The molecule has 3 heterocycles. The Balaban J connectivity index is 1.09. The van der Waals surface area contributed by atoms with Crippen LogP contribution in [0.3, 0.4) is 0 Å². The van der Waals surface area contributed by atoms with Crippen molar-refractivity contribution in [3.63, 3.8) is 0 Å². The van der Waals surface area contributed by atoms with E-state index in [-0.39, 0.29) is 11.8 Å². The third-order valence-electron chi connectivity index (χ3n) is 7.17. The normalized spacial score (nSPS) is 16.4. The van der Waals surface area contributed by atoms with Crippen LogP contribution in [0.15, 0.2) is 110 Å². The molecule has 1 aliphatic carbocycles. The number of Topliss-reactive ketones (excluding diaryl/α,β-unsaturated/α-hetero) is 1. The van der Waals surface area contributed by atoms with E-state index in [4.69, 9.17) is 14.5 Å². The molecule has 2 aliphatic rings. The fraction of sp³-hybridized carbons (Fsp3) is 0.161. The van der Waals surface area contributed by atoms with Gasteiger partial charge in [-0.1, -0.05) is 82.3 Å². The van der Waals surface area contributed by atoms with Crippen LogP contribution in [0.1, 0.15) is 36.4 Å². The van der Waals surface area contributed by atoms with Crippen LogP contribution < -0.4 is 5.32 Å². The molecule has 0 spiro atoms. The molecule has 0 amide bonds. The van der Waals surface area contributed by atoms with Crippen molar-refractivity contribution in [1.29, 1.82) is 0 Å². The molecule has 0 unspecified atom stereocenters. The monoisotopic (exact) mass is 609 g/mol. The molecule has 2 aromatic heterocycles. The number of ketones is 1. The lowest BCUT2D eigenvalue weighted by atomic mass is 9.85. The van der Waals surface area contributed by atoms with E-state index in [1.54, 1.807) is 18.0 Å². The lowest BCUT2D eigenvalue weighted by Gasteiger charge is -2.32. The Bertz CT molecular complexity index is 1730. The summed E-state index contributed by atoms with van der Waals surface area (Å²) in [6.07, 6.45) is 4.02. The summed E-state index contributed by atoms with van der Waals surface area (Å²) in [5, 5.41) is 8.93. The molecule has 198 valence electrons. The van der Waals surface area contributed by atoms with Gasteiger partial charge in [-0.15, -0.1) is 5.10 Å². The smallest absolute Gasteiger partial charge is 0.227 e. The van der Waals surface area contributed by atoms with Crippen molar-refractivity contribution in [3.8, 4) is 22.8 Å². The molecule has 0 bridgehead atoms. The van der Waals surface area contributed by atoms with Gasteiger partial charge in [-0.2, -0.15) is 4.98 Å². The number of hydrogen-bond donors (Lipinski definition) is 1. The van der Waals surface area contributed by atoms with Crippen molar-refractivity contribution in [2.75, 3.05) is 5.32 Å². The molecule has 0 radical (unpaired) electrons. The maximum atomic E-state index is 13.0. The van der Waals surface area contributed by atoms with Crippen molar-refractivity contribution in [1.82, 2.24) is 19.7 Å². The summed E-state index contributed by atoms with van der Waals surface area (Å²) in [6, 6.07) is 26.0. The van der Waals surface area contributed by atoms with Crippen LogP contribution in [0.2, 0.25) is 0 Å². The molecule has 5 aromatic rings. The number of carbonyl (C=O) groups excluding carboxylic acids is 1. The highest BCUT2D eigenvalue weighted by molar-refractivity contribution is 9.10. The number of nitrogens with zero attached hydrogens (tertiary/aromatic N) is 4. The van der Waals surface area contributed by atoms with E-state index in [2.05, 4.69) is 38.4 Å². The fourth-order valence-corrected chi connectivity index (χ4v) is 6.24. The number of oxazole rings is 1. The number of nitrogens with one attached hydrogen (secondary N) is 1. The van der Waals surface area contributed by atoms with Gasteiger partial charge < -0.3 is 9.73 Å². The molecule has 1 N–H and O–H groups in total. The van der Waals surface area contributed by atoms with Crippen LogP contribution >= 0.6 is 27.7 Å². The first kappa shape index (κ1) is 25.0. The van der Waals surface area contributed by atoms with E-state index in [1.807, 2.05) is 71.4 Å². The summed E-state index contributed by atoms with van der Waals surface area (Å²) in [7, 11) is 0. The van der Waals surface area contributed by atoms with Crippen molar-refractivity contribution >= 4 is 39.4 Å². The van der Waals surface area contributed by atoms with Gasteiger partial charge in [0, 0.05) is 39.0 Å². The van der Waals surface area contributed by atoms with E-state index in [0.717, 1.165) is 56.6 Å². The Hall–Kier alpha value is -3.95. The number of anilines is 1. The quantitative estimate of drug-likeness (QED) is 0.198. The van der Waals surface area contributed by atoms with Crippen LogP contribution in [0.5, 0.6) is 0 Å². The SMILES string of the molecule is O=C1CCCC2=C1[C@H](c1ccc(Br)cc1)n1nc(SCc3ccc(-c4ncc(-c5ccccc5)o4)cc3)nc1N2. The zero-order valence-electron chi connectivity index (χ0n) is 21.4. The lowest BCUT2D eigenvalue weighted by molar-refractivity contribution is -0.116. The number of aromatic nitrogens is 4. The number of rotatable bonds is 6. The predicted octanol–water partition coefficient (Wildman–Crippen LogP) is 7.68. The van der Waals surface area contributed by atoms with Gasteiger partial charge in [0.15, 0.2) is 11.5 Å². The van der Waals surface area contributed by atoms with Crippen LogP contribution in [0.25, 0.3) is 22.8 Å². The highest BCUT2D eigenvalue weighted by Gasteiger charge is 2.36. The molecule has 1 atom stereocenters. The zero-order chi connectivity index (χ0) is 27.1. The molecule has 3 aromatic carbocycles. The maximum absolute atomic E-state index is 13.0. The second-order valence-corrected chi connectivity index (χ2v) is 11.7.